The minimum atomic E-state index is -0.931. The van der Waals surface area contributed by atoms with Crippen molar-refractivity contribution in [3.63, 3.8) is 0 Å². The van der Waals surface area contributed by atoms with Crippen molar-refractivity contribution in [2.45, 2.75) is 111 Å². The van der Waals surface area contributed by atoms with Crippen LogP contribution < -0.4 is 0 Å². The first-order valence-corrected chi connectivity index (χ1v) is 14.8. The largest absolute Gasteiger partial charge is 0.393 e. The van der Waals surface area contributed by atoms with Crippen LogP contribution in [0.25, 0.3) is 0 Å². The second-order valence-electron chi connectivity index (χ2n) is 13.9. The van der Waals surface area contributed by atoms with E-state index in [0.29, 0.717) is 17.3 Å². The lowest BCUT2D eigenvalue weighted by Crippen LogP contribution is -2.58. The van der Waals surface area contributed by atoms with Gasteiger partial charge in [0.15, 0.2) is 0 Å². The van der Waals surface area contributed by atoms with Crippen molar-refractivity contribution >= 4 is 0 Å². The number of aliphatic hydroxyl groups is 2. The summed E-state index contributed by atoms with van der Waals surface area (Å²) in [6.07, 6.45) is 13.8. The van der Waals surface area contributed by atoms with E-state index in [0.717, 1.165) is 42.6 Å². The van der Waals surface area contributed by atoms with Gasteiger partial charge in [-0.25, -0.2) is 0 Å². The van der Waals surface area contributed by atoms with Gasteiger partial charge in [0.25, 0.3) is 0 Å². The van der Waals surface area contributed by atoms with Crippen molar-refractivity contribution in [2.24, 2.45) is 46.3 Å². The lowest BCUT2D eigenvalue weighted by Gasteiger charge is -2.62. The van der Waals surface area contributed by atoms with Crippen molar-refractivity contribution in [2.75, 3.05) is 0 Å². The molecule has 0 aromatic heterocycles. The molecule has 3 saturated carbocycles. The molecular weight excluding hydrogens is 428 g/mol. The van der Waals surface area contributed by atoms with E-state index in [2.05, 4.69) is 71.0 Å². The van der Waals surface area contributed by atoms with Gasteiger partial charge in [-0.3, -0.25) is 0 Å². The molecule has 4 aliphatic carbocycles. The van der Waals surface area contributed by atoms with Crippen LogP contribution in [0.2, 0.25) is 0 Å². The fourth-order valence-electron chi connectivity index (χ4n) is 9.70. The highest BCUT2D eigenvalue weighted by molar-refractivity contribution is 5.38. The first-order valence-electron chi connectivity index (χ1n) is 14.8. The molecule has 5 rings (SSSR count). The Morgan fingerprint density at radius 1 is 0.914 bits per heavy atom. The van der Waals surface area contributed by atoms with E-state index in [4.69, 9.17) is 0 Å². The summed E-state index contributed by atoms with van der Waals surface area (Å²) in [4.78, 5) is 0. The molecule has 3 fully saturated rings. The summed E-state index contributed by atoms with van der Waals surface area (Å²) in [5.74, 6) is 3.65. The Hall–Kier alpha value is -1.12. The van der Waals surface area contributed by atoms with Gasteiger partial charge in [-0.1, -0.05) is 89.8 Å². The molecule has 1 aromatic carbocycles. The van der Waals surface area contributed by atoms with Crippen LogP contribution >= 0.6 is 0 Å². The summed E-state index contributed by atoms with van der Waals surface area (Å²) >= 11 is 0. The van der Waals surface area contributed by atoms with Crippen LogP contribution in [0.1, 0.15) is 104 Å². The van der Waals surface area contributed by atoms with E-state index >= 15 is 0 Å². The van der Waals surface area contributed by atoms with Crippen LogP contribution in [-0.4, -0.2) is 16.3 Å². The van der Waals surface area contributed by atoms with E-state index in [1.807, 2.05) is 0 Å². The monoisotopic (exact) mass is 478 g/mol. The summed E-state index contributed by atoms with van der Waals surface area (Å²) in [7, 11) is 0. The number of rotatable bonds is 6. The van der Waals surface area contributed by atoms with Crippen LogP contribution in [0.5, 0.6) is 0 Å². The zero-order valence-corrected chi connectivity index (χ0v) is 23.0. The molecule has 0 spiro atoms. The Morgan fingerprint density at radius 2 is 1.66 bits per heavy atom. The minimum absolute atomic E-state index is 0.118. The Morgan fingerprint density at radius 3 is 2.37 bits per heavy atom. The summed E-state index contributed by atoms with van der Waals surface area (Å²) in [5.41, 5.74) is 1.89. The maximum atomic E-state index is 12.7. The van der Waals surface area contributed by atoms with Crippen LogP contribution in [-0.2, 0) is 5.60 Å². The van der Waals surface area contributed by atoms with Gasteiger partial charge < -0.3 is 10.2 Å². The maximum Gasteiger partial charge on any atom is 0.111 e. The van der Waals surface area contributed by atoms with E-state index in [1.54, 1.807) is 0 Å². The highest BCUT2D eigenvalue weighted by Crippen LogP contribution is 2.70. The van der Waals surface area contributed by atoms with Gasteiger partial charge >= 0.3 is 0 Å². The summed E-state index contributed by atoms with van der Waals surface area (Å²) in [5, 5.41) is 23.3. The number of hydrogen-bond donors (Lipinski definition) is 2. The van der Waals surface area contributed by atoms with Gasteiger partial charge in [-0.15, -0.1) is 0 Å². The van der Waals surface area contributed by atoms with Gasteiger partial charge in [0.2, 0.25) is 0 Å². The van der Waals surface area contributed by atoms with E-state index in [1.165, 1.54) is 50.5 Å². The molecule has 1 aromatic rings. The molecule has 2 heteroatoms. The third kappa shape index (κ3) is 4.15. The van der Waals surface area contributed by atoms with Crippen LogP contribution in [0.4, 0.5) is 0 Å². The van der Waals surface area contributed by atoms with Gasteiger partial charge in [0, 0.05) is 5.92 Å². The molecule has 0 heterocycles. The molecule has 194 valence electrons. The molecule has 0 bridgehead atoms. The molecule has 0 aliphatic heterocycles. The molecule has 0 saturated heterocycles. The van der Waals surface area contributed by atoms with Gasteiger partial charge in [-0.2, -0.15) is 0 Å². The fourth-order valence-corrected chi connectivity index (χ4v) is 9.70. The van der Waals surface area contributed by atoms with Crippen molar-refractivity contribution in [1.29, 1.82) is 0 Å². The van der Waals surface area contributed by atoms with Crippen LogP contribution in [0, 0.1) is 46.3 Å². The number of benzene rings is 1. The minimum Gasteiger partial charge on any atom is -0.393 e. The first kappa shape index (κ1) is 25.5. The quantitative estimate of drug-likeness (QED) is 0.408. The van der Waals surface area contributed by atoms with Crippen LogP contribution in [0.15, 0.2) is 42.0 Å². The number of fused-ring (bicyclic) bond motifs is 5. The highest BCUT2D eigenvalue weighted by atomic mass is 16.3. The summed E-state index contributed by atoms with van der Waals surface area (Å²) in [6, 6.07) is 10.5. The van der Waals surface area contributed by atoms with E-state index in [9.17, 15) is 10.2 Å². The molecule has 0 unspecified atom stereocenters. The Kier molecular flexibility index (Phi) is 6.80. The summed E-state index contributed by atoms with van der Waals surface area (Å²) in [6.45, 7) is 12.3. The van der Waals surface area contributed by atoms with E-state index < -0.39 is 5.60 Å². The highest BCUT2D eigenvalue weighted by Gasteiger charge is 2.64. The second kappa shape index (κ2) is 9.32. The van der Waals surface area contributed by atoms with Crippen molar-refractivity contribution < 1.29 is 10.2 Å². The third-order valence-electron chi connectivity index (χ3n) is 11.6. The Balaban J connectivity index is 1.52. The smallest absolute Gasteiger partial charge is 0.111 e. The number of aliphatic hydroxyl groups excluding tert-OH is 1. The molecule has 4 aliphatic rings. The molecule has 0 amide bonds. The molecular formula is C33H50O2. The Bertz CT molecular complexity index is 920. The van der Waals surface area contributed by atoms with Crippen molar-refractivity contribution in [3.8, 4) is 0 Å². The predicted molar refractivity (Wildman–Crippen MR) is 145 cm³/mol. The SMILES string of the molecule is CC(C)CCC[C@@H](C)[C@H]1CC[C@H]2[C@H]3[C@H](CC[C@]12C)[C@@]1(C)CC[C@H](O)CC1=C[C@@]3(O)c1ccccc1. The predicted octanol–water partition coefficient (Wildman–Crippen LogP) is 7.89. The lowest BCUT2D eigenvalue weighted by molar-refractivity contribution is -0.144. The van der Waals surface area contributed by atoms with E-state index in [-0.39, 0.29) is 17.4 Å². The number of hydrogen-bond acceptors (Lipinski definition) is 2. The molecule has 2 nitrogen and oxygen atoms in total. The van der Waals surface area contributed by atoms with Crippen molar-refractivity contribution in [3.05, 3.63) is 47.5 Å². The Labute approximate surface area is 214 Å². The zero-order chi connectivity index (χ0) is 25.0. The zero-order valence-electron chi connectivity index (χ0n) is 23.0. The molecule has 2 N–H and O–H groups in total. The fraction of sp³-hybridized carbons (Fsp3) is 0.758. The van der Waals surface area contributed by atoms with Crippen LogP contribution in [0.3, 0.4) is 0 Å². The average Bonchev–Trinajstić information content (AvgIpc) is 3.17. The standard InChI is InChI=1S/C33H50O2/c1-22(2)10-9-11-23(3)27-14-15-28-30-29(17-19-32(27,28)5)31(4)18-16-26(34)20-25(31)21-33(30,35)24-12-7-6-8-13-24/h6-8,12-13,21-23,26-30,34-35H,9-11,14-20H2,1-5H3/t23-,26+,27-,28+,29+,30+,31+,32-,33-/m1/s1. The molecule has 9 atom stereocenters. The second-order valence-corrected chi connectivity index (χ2v) is 13.9. The first-order chi connectivity index (χ1) is 16.6. The maximum absolute atomic E-state index is 12.7. The van der Waals surface area contributed by atoms with Gasteiger partial charge in [0.05, 0.1) is 6.10 Å². The van der Waals surface area contributed by atoms with Crippen molar-refractivity contribution in [1.82, 2.24) is 0 Å². The molecule has 0 radical (unpaired) electrons. The molecule has 35 heavy (non-hydrogen) atoms. The third-order valence-corrected chi connectivity index (χ3v) is 11.6. The average molecular weight is 479 g/mol. The lowest BCUT2D eigenvalue weighted by atomic mass is 9.43. The normalized spacial score (nSPS) is 43.8. The summed E-state index contributed by atoms with van der Waals surface area (Å²) < 4.78 is 0. The topological polar surface area (TPSA) is 40.5 Å². The van der Waals surface area contributed by atoms with Gasteiger partial charge in [0.1, 0.15) is 5.60 Å². The van der Waals surface area contributed by atoms with Gasteiger partial charge in [-0.05, 0) is 97.0 Å².